The van der Waals surface area contributed by atoms with E-state index in [1.54, 1.807) is 0 Å². The van der Waals surface area contributed by atoms with Crippen molar-refractivity contribution < 1.29 is 8.78 Å². The Kier molecular flexibility index (Phi) is 5.96. The summed E-state index contributed by atoms with van der Waals surface area (Å²) in [7, 11) is 1.90. The first-order chi connectivity index (χ1) is 7.74. The fourth-order valence-corrected chi connectivity index (χ4v) is 1.47. The predicted octanol–water partition coefficient (Wildman–Crippen LogP) is 1.71. The van der Waals surface area contributed by atoms with Crippen molar-refractivity contribution in [1.29, 1.82) is 0 Å². The minimum atomic E-state index is -0.383. The molecule has 1 aromatic carbocycles. The largest absolute Gasteiger partial charge is 0.320 e. The molecule has 0 atom stereocenters. The van der Waals surface area contributed by atoms with Gasteiger partial charge in [0.2, 0.25) is 0 Å². The Hall–Kier alpha value is -1.00. The summed E-state index contributed by atoms with van der Waals surface area (Å²) < 4.78 is 26.0. The highest BCUT2D eigenvalue weighted by Gasteiger charge is 2.02. The molecule has 0 radical (unpaired) electrons. The van der Waals surface area contributed by atoms with E-state index in [0.717, 1.165) is 25.6 Å². The maximum absolute atomic E-state index is 13.2. The smallest absolute Gasteiger partial charge is 0.126 e. The first-order valence-electron chi connectivity index (χ1n) is 5.53. The molecular weight excluding hydrogens is 210 g/mol. The molecule has 0 amide bonds. The average Bonchev–Trinajstić information content (AvgIpc) is 2.28. The van der Waals surface area contributed by atoms with Gasteiger partial charge >= 0.3 is 0 Å². The Balaban J connectivity index is 2.23. The summed E-state index contributed by atoms with van der Waals surface area (Å²) in [5.74, 6) is -0.718. The third-order valence-corrected chi connectivity index (χ3v) is 2.36. The quantitative estimate of drug-likeness (QED) is 0.694. The number of halogens is 2. The SMILES string of the molecule is CNCCCNCCc1cc(F)ccc1F. The molecule has 0 fully saturated rings. The molecule has 0 aromatic heterocycles. The van der Waals surface area contributed by atoms with Gasteiger partial charge < -0.3 is 10.6 Å². The molecule has 0 bridgehead atoms. The molecule has 0 aliphatic rings. The van der Waals surface area contributed by atoms with Gasteiger partial charge in [-0.2, -0.15) is 0 Å². The Labute approximate surface area is 95.1 Å². The van der Waals surface area contributed by atoms with Crippen molar-refractivity contribution >= 4 is 0 Å². The van der Waals surface area contributed by atoms with Gasteiger partial charge in [-0.1, -0.05) is 0 Å². The Bertz CT molecular complexity index is 316. The molecule has 0 aliphatic heterocycles. The highest BCUT2D eigenvalue weighted by Crippen LogP contribution is 2.09. The molecule has 0 aliphatic carbocycles. The van der Waals surface area contributed by atoms with Crippen LogP contribution in [0.15, 0.2) is 18.2 Å². The van der Waals surface area contributed by atoms with Crippen LogP contribution < -0.4 is 10.6 Å². The van der Waals surface area contributed by atoms with Crippen molar-refractivity contribution in [2.24, 2.45) is 0 Å². The second-order valence-corrected chi connectivity index (χ2v) is 3.69. The normalized spacial score (nSPS) is 10.7. The van der Waals surface area contributed by atoms with Crippen molar-refractivity contribution in [2.45, 2.75) is 12.8 Å². The number of hydrogen-bond acceptors (Lipinski definition) is 2. The van der Waals surface area contributed by atoms with Crippen LogP contribution in [0.5, 0.6) is 0 Å². The number of rotatable bonds is 7. The number of benzene rings is 1. The summed E-state index contributed by atoms with van der Waals surface area (Å²) in [4.78, 5) is 0. The van der Waals surface area contributed by atoms with E-state index in [4.69, 9.17) is 0 Å². The van der Waals surface area contributed by atoms with Crippen LogP contribution in [0, 0.1) is 11.6 Å². The molecule has 2 nitrogen and oxygen atoms in total. The van der Waals surface area contributed by atoms with Crippen molar-refractivity contribution in [3.05, 3.63) is 35.4 Å². The van der Waals surface area contributed by atoms with Gasteiger partial charge in [0, 0.05) is 0 Å². The summed E-state index contributed by atoms with van der Waals surface area (Å²) in [6, 6.07) is 3.56. The molecule has 0 spiro atoms. The van der Waals surface area contributed by atoms with E-state index in [0.29, 0.717) is 18.5 Å². The summed E-state index contributed by atoms with van der Waals surface area (Å²) in [5, 5.41) is 6.23. The average molecular weight is 228 g/mol. The lowest BCUT2D eigenvalue weighted by atomic mass is 10.1. The summed E-state index contributed by atoms with van der Waals surface area (Å²) in [6.07, 6.45) is 1.55. The zero-order chi connectivity index (χ0) is 11.8. The summed E-state index contributed by atoms with van der Waals surface area (Å²) in [5.41, 5.74) is 0.432. The van der Waals surface area contributed by atoms with Crippen molar-refractivity contribution in [2.75, 3.05) is 26.7 Å². The summed E-state index contributed by atoms with van der Waals surface area (Å²) in [6.45, 7) is 2.52. The molecule has 0 unspecified atom stereocenters. The molecule has 4 heteroatoms. The van der Waals surface area contributed by atoms with E-state index >= 15 is 0 Å². The van der Waals surface area contributed by atoms with Crippen LogP contribution in [0.2, 0.25) is 0 Å². The topological polar surface area (TPSA) is 24.1 Å². The summed E-state index contributed by atoms with van der Waals surface area (Å²) >= 11 is 0. The lowest BCUT2D eigenvalue weighted by Crippen LogP contribution is -2.22. The van der Waals surface area contributed by atoms with Crippen molar-refractivity contribution in [3.63, 3.8) is 0 Å². The van der Waals surface area contributed by atoms with Gasteiger partial charge in [-0.05, 0) is 63.3 Å². The fraction of sp³-hybridized carbons (Fsp3) is 0.500. The minimum Gasteiger partial charge on any atom is -0.320 e. The lowest BCUT2D eigenvalue weighted by molar-refractivity contribution is 0.572. The molecule has 0 saturated heterocycles. The lowest BCUT2D eigenvalue weighted by Gasteiger charge is -2.05. The number of nitrogens with one attached hydrogen (secondary N) is 2. The fourth-order valence-electron chi connectivity index (χ4n) is 1.47. The third kappa shape index (κ3) is 4.68. The van der Waals surface area contributed by atoms with Gasteiger partial charge in [0.25, 0.3) is 0 Å². The maximum atomic E-state index is 13.2. The van der Waals surface area contributed by atoms with E-state index in [1.165, 1.54) is 12.1 Å². The van der Waals surface area contributed by atoms with Crippen LogP contribution >= 0.6 is 0 Å². The van der Waals surface area contributed by atoms with Crippen LogP contribution in [-0.2, 0) is 6.42 Å². The molecule has 16 heavy (non-hydrogen) atoms. The van der Waals surface area contributed by atoms with Gasteiger partial charge in [-0.15, -0.1) is 0 Å². The zero-order valence-electron chi connectivity index (χ0n) is 9.52. The van der Waals surface area contributed by atoms with E-state index in [1.807, 2.05) is 7.05 Å². The van der Waals surface area contributed by atoms with Crippen LogP contribution in [-0.4, -0.2) is 26.7 Å². The molecule has 2 N–H and O–H groups in total. The van der Waals surface area contributed by atoms with E-state index in [9.17, 15) is 8.78 Å². The van der Waals surface area contributed by atoms with Crippen molar-refractivity contribution in [1.82, 2.24) is 10.6 Å². The van der Waals surface area contributed by atoms with Gasteiger partial charge in [0.15, 0.2) is 0 Å². The van der Waals surface area contributed by atoms with Crippen LogP contribution in [0.3, 0.4) is 0 Å². The van der Waals surface area contributed by atoms with Gasteiger partial charge in [0.1, 0.15) is 11.6 Å². The molecule has 1 rings (SSSR count). The number of hydrogen-bond donors (Lipinski definition) is 2. The molecule has 1 aromatic rings. The highest BCUT2D eigenvalue weighted by molar-refractivity contribution is 5.18. The van der Waals surface area contributed by atoms with Crippen LogP contribution in [0.1, 0.15) is 12.0 Å². The predicted molar refractivity (Wildman–Crippen MR) is 61.5 cm³/mol. The van der Waals surface area contributed by atoms with E-state index in [-0.39, 0.29) is 11.6 Å². The van der Waals surface area contributed by atoms with E-state index < -0.39 is 0 Å². The van der Waals surface area contributed by atoms with Crippen LogP contribution in [0.4, 0.5) is 8.78 Å². The molecular formula is C12H18F2N2. The third-order valence-electron chi connectivity index (χ3n) is 2.36. The Morgan fingerprint density at radius 1 is 1.12 bits per heavy atom. The second-order valence-electron chi connectivity index (χ2n) is 3.69. The molecule has 90 valence electrons. The Morgan fingerprint density at radius 2 is 1.94 bits per heavy atom. The zero-order valence-corrected chi connectivity index (χ0v) is 9.52. The monoisotopic (exact) mass is 228 g/mol. The standard InChI is InChI=1S/C12H18F2N2/c1-15-6-2-7-16-8-5-10-9-11(13)3-4-12(10)14/h3-4,9,15-16H,2,5-8H2,1H3. The van der Waals surface area contributed by atoms with Gasteiger partial charge in [-0.3, -0.25) is 0 Å². The van der Waals surface area contributed by atoms with Gasteiger partial charge in [0.05, 0.1) is 0 Å². The van der Waals surface area contributed by atoms with Crippen molar-refractivity contribution in [3.8, 4) is 0 Å². The van der Waals surface area contributed by atoms with Crippen LogP contribution in [0.25, 0.3) is 0 Å². The van der Waals surface area contributed by atoms with E-state index in [2.05, 4.69) is 10.6 Å². The molecule has 0 heterocycles. The highest BCUT2D eigenvalue weighted by atomic mass is 19.1. The molecule has 0 saturated carbocycles. The second kappa shape index (κ2) is 7.30. The first-order valence-corrected chi connectivity index (χ1v) is 5.53. The maximum Gasteiger partial charge on any atom is 0.126 e. The first kappa shape index (κ1) is 13.1. The Morgan fingerprint density at radius 3 is 2.69 bits per heavy atom. The minimum absolute atomic E-state index is 0.335. The van der Waals surface area contributed by atoms with Gasteiger partial charge in [-0.25, -0.2) is 8.78 Å².